The van der Waals surface area contributed by atoms with Gasteiger partial charge in [0.05, 0.1) is 11.3 Å². The third kappa shape index (κ3) is 6.43. The fourth-order valence-corrected chi connectivity index (χ4v) is 2.13. The number of nitrogens with one attached hydrogen (secondary N) is 2. The van der Waals surface area contributed by atoms with E-state index in [0.717, 1.165) is 16.7 Å². The molecule has 2 amide bonds. The molecule has 0 fully saturated rings. The Balaban J connectivity index is 1.98. The summed E-state index contributed by atoms with van der Waals surface area (Å²) in [6.45, 7) is 5.14. The lowest BCUT2D eigenvalue weighted by molar-refractivity contribution is -0.137. The summed E-state index contributed by atoms with van der Waals surface area (Å²) < 4.78 is 45.0. The molecule has 160 valence electrons. The van der Waals surface area contributed by atoms with Crippen molar-refractivity contribution in [3.8, 4) is 0 Å². The van der Waals surface area contributed by atoms with E-state index in [1.165, 1.54) is 24.8 Å². The second kappa shape index (κ2) is 8.76. The topological polar surface area (TPSA) is 115 Å². The van der Waals surface area contributed by atoms with E-state index in [0.29, 0.717) is 11.8 Å². The lowest BCUT2D eigenvalue weighted by Crippen LogP contribution is -2.26. The molecule has 0 bridgehead atoms. The first-order chi connectivity index (χ1) is 13.9. The van der Waals surface area contributed by atoms with Gasteiger partial charge >= 0.3 is 18.3 Å². The number of carbonyl (C=O) groups is 2. The Hall–Kier alpha value is -3.70. The maximum absolute atomic E-state index is 12.9. The van der Waals surface area contributed by atoms with Gasteiger partial charge in [-0.3, -0.25) is 0 Å². The molecule has 1 aromatic carbocycles. The van der Waals surface area contributed by atoms with Gasteiger partial charge in [-0.15, -0.1) is 4.91 Å². The van der Waals surface area contributed by atoms with Crippen molar-refractivity contribution in [1.82, 2.24) is 14.9 Å². The zero-order valence-electron chi connectivity index (χ0n) is 16.1. The number of benzene rings is 1. The Kier molecular flexibility index (Phi) is 6.59. The van der Waals surface area contributed by atoms with Crippen LogP contribution in [0.1, 0.15) is 32.0 Å². The number of amides is 2. The molecule has 2 N–H and O–H groups in total. The molecule has 0 aliphatic rings. The SMILES string of the molecule is CC(C)(C)OC(=O)n1cnc(/C=C/NC(=O)Nc2ccc(N=O)c(C(F)(F)F)c2)c1. The minimum Gasteiger partial charge on any atom is -0.443 e. The second-order valence-electron chi connectivity index (χ2n) is 6.94. The van der Waals surface area contributed by atoms with Crippen LogP contribution in [0.5, 0.6) is 0 Å². The Morgan fingerprint density at radius 3 is 2.53 bits per heavy atom. The summed E-state index contributed by atoms with van der Waals surface area (Å²) >= 11 is 0. The van der Waals surface area contributed by atoms with Gasteiger partial charge in [0.15, 0.2) is 0 Å². The number of imidazole rings is 1. The van der Waals surface area contributed by atoms with Crippen molar-refractivity contribution in [1.29, 1.82) is 0 Å². The number of halogens is 3. The van der Waals surface area contributed by atoms with Crippen molar-refractivity contribution in [3.05, 3.63) is 53.1 Å². The van der Waals surface area contributed by atoms with E-state index in [9.17, 15) is 27.7 Å². The van der Waals surface area contributed by atoms with Crippen LogP contribution in [-0.2, 0) is 10.9 Å². The van der Waals surface area contributed by atoms with Gasteiger partial charge < -0.3 is 15.4 Å². The van der Waals surface area contributed by atoms with Gasteiger partial charge in [-0.25, -0.2) is 19.1 Å². The Bertz CT molecular complexity index is 977. The maximum atomic E-state index is 12.9. The van der Waals surface area contributed by atoms with Crippen LogP contribution in [0, 0.1) is 4.91 Å². The smallest absolute Gasteiger partial charge is 0.419 e. The predicted molar refractivity (Wildman–Crippen MR) is 102 cm³/mol. The zero-order valence-corrected chi connectivity index (χ0v) is 16.1. The molecule has 9 nitrogen and oxygen atoms in total. The third-order valence-corrected chi connectivity index (χ3v) is 3.33. The van der Waals surface area contributed by atoms with Gasteiger partial charge in [0.1, 0.15) is 17.6 Å². The highest BCUT2D eigenvalue weighted by Gasteiger charge is 2.34. The monoisotopic (exact) mass is 425 g/mol. The molecule has 0 aliphatic carbocycles. The number of carbonyl (C=O) groups excluding carboxylic acids is 2. The Morgan fingerprint density at radius 2 is 1.93 bits per heavy atom. The second-order valence-corrected chi connectivity index (χ2v) is 6.94. The van der Waals surface area contributed by atoms with E-state index in [1.54, 1.807) is 20.8 Å². The zero-order chi connectivity index (χ0) is 22.5. The largest absolute Gasteiger partial charge is 0.443 e. The van der Waals surface area contributed by atoms with E-state index in [4.69, 9.17) is 4.74 Å². The highest BCUT2D eigenvalue weighted by atomic mass is 19.4. The molecule has 2 rings (SSSR count). The standard InChI is InChI=1S/C18H18F3N5O4/c1-17(2,3)30-16(28)26-9-12(23-10-26)6-7-22-15(27)24-11-4-5-14(25-29)13(8-11)18(19,20)21/h4-10H,1-3H3,(H2,22,24,27)/b7-6+. The first kappa shape index (κ1) is 22.6. The molecule has 2 aromatic rings. The molecule has 0 spiro atoms. The molecule has 1 aromatic heterocycles. The predicted octanol–water partition coefficient (Wildman–Crippen LogP) is 4.88. The number of hydrogen-bond donors (Lipinski definition) is 2. The average molecular weight is 425 g/mol. The summed E-state index contributed by atoms with van der Waals surface area (Å²) in [6, 6.07) is 1.72. The molecule has 0 atom stereocenters. The van der Waals surface area contributed by atoms with E-state index < -0.39 is 35.2 Å². The fraction of sp³-hybridized carbons (Fsp3) is 0.278. The number of aromatic nitrogens is 2. The van der Waals surface area contributed by atoms with Gasteiger partial charge in [-0.1, -0.05) is 0 Å². The molecule has 0 aliphatic heterocycles. The number of alkyl halides is 3. The summed E-state index contributed by atoms with van der Waals surface area (Å²) in [7, 11) is 0. The van der Waals surface area contributed by atoms with Gasteiger partial charge in [0, 0.05) is 18.1 Å². The normalized spacial score (nSPS) is 11.9. The fourth-order valence-electron chi connectivity index (χ4n) is 2.13. The number of nitrogens with zero attached hydrogens (tertiary/aromatic N) is 3. The molecule has 30 heavy (non-hydrogen) atoms. The van der Waals surface area contributed by atoms with Crippen LogP contribution in [0.25, 0.3) is 6.08 Å². The van der Waals surface area contributed by atoms with Crippen molar-refractivity contribution >= 4 is 29.6 Å². The van der Waals surface area contributed by atoms with E-state index >= 15 is 0 Å². The van der Waals surface area contributed by atoms with Crippen LogP contribution in [0.2, 0.25) is 0 Å². The number of nitroso groups, excluding NO2 is 1. The number of rotatable bonds is 4. The quantitative estimate of drug-likeness (QED) is 0.678. The van der Waals surface area contributed by atoms with Crippen LogP contribution in [0.4, 0.5) is 34.1 Å². The Labute approximate surface area is 168 Å². The minimum absolute atomic E-state index is 0.185. The van der Waals surface area contributed by atoms with Crippen LogP contribution < -0.4 is 10.6 Å². The summed E-state index contributed by atoms with van der Waals surface area (Å²) in [6.07, 6.45) is -0.289. The Morgan fingerprint density at radius 1 is 1.23 bits per heavy atom. The van der Waals surface area contributed by atoms with E-state index in [1.807, 2.05) is 0 Å². The van der Waals surface area contributed by atoms with Crippen molar-refractivity contribution < 1.29 is 27.5 Å². The van der Waals surface area contributed by atoms with Crippen molar-refractivity contribution in [2.75, 3.05) is 5.32 Å². The first-order valence-electron chi connectivity index (χ1n) is 8.45. The van der Waals surface area contributed by atoms with Crippen LogP contribution in [-0.4, -0.2) is 27.3 Å². The number of anilines is 1. The van der Waals surface area contributed by atoms with Crippen molar-refractivity contribution in [2.24, 2.45) is 5.18 Å². The van der Waals surface area contributed by atoms with E-state index in [2.05, 4.69) is 20.8 Å². The molecule has 0 saturated carbocycles. The summed E-state index contributed by atoms with van der Waals surface area (Å²) in [5.74, 6) is 0. The molecular formula is C18H18F3N5O4. The first-order valence-corrected chi connectivity index (χ1v) is 8.45. The van der Waals surface area contributed by atoms with Gasteiger partial charge in [-0.2, -0.15) is 13.2 Å². The van der Waals surface area contributed by atoms with Gasteiger partial charge in [-0.05, 0) is 50.2 Å². The molecule has 0 saturated heterocycles. The number of urea groups is 1. The molecule has 0 radical (unpaired) electrons. The number of hydrogen-bond acceptors (Lipinski definition) is 6. The summed E-state index contributed by atoms with van der Waals surface area (Å²) in [4.78, 5) is 38.2. The van der Waals surface area contributed by atoms with Crippen molar-refractivity contribution in [2.45, 2.75) is 32.5 Å². The summed E-state index contributed by atoms with van der Waals surface area (Å²) in [5, 5.41) is 6.80. The summed E-state index contributed by atoms with van der Waals surface area (Å²) in [5.41, 5.74) is -2.59. The highest BCUT2D eigenvalue weighted by molar-refractivity contribution is 5.90. The van der Waals surface area contributed by atoms with Crippen LogP contribution in [0.3, 0.4) is 0 Å². The van der Waals surface area contributed by atoms with Crippen molar-refractivity contribution in [3.63, 3.8) is 0 Å². The lowest BCUT2D eigenvalue weighted by Gasteiger charge is -2.18. The van der Waals surface area contributed by atoms with Crippen LogP contribution in [0.15, 0.2) is 42.1 Å². The molecule has 1 heterocycles. The average Bonchev–Trinajstić information content (AvgIpc) is 3.08. The maximum Gasteiger partial charge on any atom is 0.419 e. The highest BCUT2D eigenvalue weighted by Crippen LogP contribution is 2.37. The molecule has 12 heteroatoms. The van der Waals surface area contributed by atoms with E-state index in [-0.39, 0.29) is 5.69 Å². The minimum atomic E-state index is -4.80. The van der Waals surface area contributed by atoms with Gasteiger partial charge in [0.25, 0.3) is 0 Å². The number of ether oxygens (including phenoxy) is 1. The molecular weight excluding hydrogens is 407 g/mol. The van der Waals surface area contributed by atoms with Gasteiger partial charge in [0.2, 0.25) is 0 Å². The molecule has 0 unspecified atom stereocenters. The van der Waals surface area contributed by atoms with Crippen LogP contribution >= 0.6 is 0 Å². The lowest BCUT2D eigenvalue weighted by atomic mass is 10.1. The third-order valence-electron chi connectivity index (χ3n) is 3.33.